The van der Waals surface area contributed by atoms with Crippen molar-refractivity contribution < 1.29 is 4.79 Å². The molecule has 1 amide bonds. The van der Waals surface area contributed by atoms with E-state index in [0.29, 0.717) is 5.00 Å². The summed E-state index contributed by atoms with van der Waals surface area (Å²) < 4.78 is 0. The summed E-state index contributed by atoms with van der Waals surface area (Å²) in [5, 5.41) is 3.06. The van der Waals surface area contributed by atoms with Crippen LogP contribution in [0.1, 0.15) is 10.5 Å². The first-order chi connectivity index (χ1) is 6.68. The van der Waals surface area contributed by atoms with E-state index in [1.54, 1.807) is 11.3 Å². The van der Waals surface area contributed by atoms with Gasteiger partial charge in [-0.05, 0) is 11.4 Å². The highest BCUT2D eigenvalue weighted by molar-refractivity contribution is 7.23. The summed E-state index contributed by atoms with van der Waals surface area (Å²) in [5.41, 5.74) is 10.9. The Bertz CT molecular complexity index is 461. The standard InChI is InChI=1S/C8H7N3OS2/c9-6(12)5-7(10)14-8(11-5)4-2-1-3-13-4/h1-3H,10H2,(H2,9,12). The predicted molar refractivity (Wildman–Crippen MR) is 58.4 cm³/mol. The fourth-order valence-electron chi connectivity index (χ4n) is 1.01. The van der Waals surface area contributed by atoms with Crippen LogP contribution in [0.4, 0.5) is 5.00 Å². The van der Waals surface area contributed by atoms with Crippen LogP contribution < -0.4 is 11.5 Å². The van der Waals surface area contributed by atoms with Gasteiger partial charge in [0.25, 0.3) is 5.91 Å². The Morgan fingerprint density at radius 1 is 1.50 bits per heavy atom. The molecule has 2 aromatic heterocycles. The molecule has 4 nitrogen and oxygen atoms in total. The lowest BCUT2D eigenvalue weighted by atomic mass is 10.4. The highest BCUT2D eigenvalue weighted by atomic mass is 32.1. The third-order valence-corrected chi connectivity index (χ3v) is 3.54. The first kappa shape index (κ1) is 9.17. The molecule has 0 saturated carbocycles. The number of rotatable bonds is 2. The Balaban J connectivity index is 2.48. The van der Waals surface area contributed by atoms with E-state index in [9.17, 15) is 4.79 Å². The number of primary amides is 1. The third kappa shape index (κ3) is 1.49. The molecule has 4 N–H and O–H groups in total. The Morgan fingerprint density at radius 2 is 2.29 bits per heavy atom. The van der Waals surface area contributed by atoms with Gasteiger partial charge in [-0.3, -0.25) is 4.79 Å². The normalized spacial score (nSPS) is 10.3. The largest absolute Gasteiger partial charge is 0.389 e. The maximum absolute atomic E-state index is 10.9. The Hall–Kier alpha value is -1.40. The first-order valence-electron chi connectivity index (χ1n) is 3.78. The van der Waals surface area contributed by atoms with Crippen molar-refractivity contribution in [3.05, 3.63) is 23.2 Å². The molecule has 0 saturated heterocycles. The van der Waals surface area contributed by atoms with E-state index in [-0.39, 0.29) is 5.69 Å². The number of hydrogen-bond acceptors (Lipinski definition) is 5. The Labute approximate surface area is 88.2 Å². The highest BCUT2D eigenvalue weighted by Crippen LogP contribution is 2.32. The van der Waals surface area contributed by atoms with E-state index < -0.39 is 5.91 Å². The van der Waals surface area contributed by atoms with Crippen molar-refractivity contribution in [2.24, 2.45) is 5.73 Å². The number of carbonyl (C=O) groups is 1. The molecule has 0 aliphatic heterocycles. The van der Waals surface area contributed by atoms with Gasteiger partial charge in [-0.15, -0.1) is 11.3 Å². The Morgan fingerprint density at radius 3 is 2.79 bits per heavy atom. The third-order valence-electron chi connectivity index (χ3n) is 1.62. The fourth-order valence-corrected chi connectivity index (χ4v) is 2.65. The van der Waals surface area contributed by atoms with Crippen LogP contribution in [-0.4, -0.2) is 10.9 Å². The molecule has 14 heavy (non-hydrogen) atoms. The van der Waals surface area contributed by atoms with E-state index in [4.69, 9.17) is 11.5 Å². The molecule has 0 bridgehead atoms. The van der Waals surface area contributed by atoms with Crippen molar-refractivity contribution in [2.75, 3.05) is 5.73 Å². The van der Waals surface area contributed by atoms with Crippen LogP contribution in [0.15, 0.2) is 17.5 Å². The number of nitrogen functional groups attached to an aromatic ring is 1. The van der Waals surface area contributed by atoms with Crippen molar-refractivity contribution in [1.82, 2.24) is 4.98 Å². The van der Waals surface area contributed by atoms with Crippen LogP contribution in [0.25, 0.3) is 9.88 Å². The van der Waals surface area contributed by atoms with Gasteiger partial charge in [0.2, 0.25) is 0 Å². The molecule has 0 atom stereocenters. The van der Waals surface area contributed by atoms with E-state index >= 15 is 0 Å². The number of hydrogen-bond donors (Lipinski definition) is 2. The van der Waals surface area contributed by atoms with Crippen LogP contribution in [0.3, 0.4) is 0 Å². The number of aromatic nitrogens is 1. The van der Waals surface area contributed by atoms with Gasteiger partial charge < -0.3 is 11.5 Å². The van der Waals surface area contributed by atoms with Gasteiger partial charge in [-0.1, -0.05) is 17.4 Å². The number of nitrogens with two attached hydrogens (primary N) is 2. The summed E-state index contributed by atoms with van der Waals surface area (Å²) in [7, 11) is 0. The number of nitrogens with zero attached hydrogens (tertiary/aromatic N) is 1. The average molecular weight is 225 g/mol. The number of anilines is 1. The van der Waals surface area contributed by atoms with Crippen LogP contribution in [-0.2, 0) is 0 Å². The van der Waals surface area contributed by atoms with Gasteiger partial charge >= 0.3 is 0 Å². The molecule has 0 unspecified atom stereocenters. The molecule has 72 valence electrons. The van der Waals surface area contributed by atoms with E-state index in [0.717, 1.165) is 9.88 Å². The van der Waals surface area contributed by atoms with Crippen LogP contribution >= 0.6 is 22.7 Å². The molecule has 2 heterocycles. The zero-order chi connectivity index (χ0) is 10.1. The SMILES string of the molecule is NC(=O)c1nc(-c2cccs2)sc1N. The number of amides is 1. The average Bonchev–Trinajstić information content (AvgIpc) is 2.70. The van der Waals surface area contributed by atoms with Crippen molar-refractivity contribution in [2.45, 2.75) is 0 Å². The minimum atomic E-state index is -0.582. The fraction of sp³-hybridized carbons (Fsp3) is 0. The summed E-state index contributed by atoms with van der Waals surface area (Å²) in [6, 6.07) is 3.84. The molecule has 0 aliphatic rings. The summed E-state index contributed by atoms with van der Waals surface area (Å²) in [6.07, 6.45) is 0. The summed E-state index contributed by atoms with van der Waals surface area (Å²) in [4.78, 5) is 16.0. The monoisotopic (exact) mass is 225 g/mol. The van der Waals surface area contributed by atoms with Gasteiger partial charge in [-0.2, -0.15) is 0 Å². The molecule has 2 rings (SSSR count). The van der Waals surface area contributed by atoms with Crippen LogP contribution in [0, 0.1) is 0 Å². The summed E-state index contributed by atoms with van der Waals surface area (Å²) in [6.45, 7) is 0. The van der Waals surface area contributed by atoms with Crippen molar-refractivity contribution in [3.8, 4) is 9.88 Å². The molecular formula is C8H7N3OS2. The second-order valence-corrected chi connectivity index (χ2v) is 4.55. The molecule has 0 radical (unpaired) electrons. The quantitative estimate of drug-likeness (QED) is 0.813. The van der Waals surface area contributed by atoms with Gasteiger partial charge in [0.05, 0.1) is 4.88 Å². The zero-order valence-electron chi connectivity index (χ0n) is 7.06. The van der Waals surface area contributed by atoms with Gasteiger partial charge in [0.15, 0.2) is 5.69 Å². The summed E-state index contributed by atoms with van der Waals surface area (Å²) >= 11 is 2.83. The van der Waals surface area contributed by atoms with Gasteiger partial charge in [0, 0.05) is 0 Å². The molecule has 0 aliphatic carbocycles. The first-order valence-corrected chi connectivity index (χ1v) is 5.48. The number of thiazole rings is 1. The van der Waals surface area contributed by atoms with Crippen molar-refractivity contribution >= 4 is 33.6 Å². The predicted octanol–water partition coefficient (Wildman–Crippen LogP) is 1.55. The van der Waals surface area contributed by atoms with Crippen molar-refractivity contribution in [1.29, 1.82) is 0 Å². The van der Waals surface area contributed by atoms with Crippen molar-refractivity contribution in [3.63, 3.8) is 0 Å². The maximum atomic E-state index is 10.9. The lowest BCUT2D eigenvalue weighted by molar-refractivity contribution is 0.0997. The minimum Gasteiger partial charge on any atom is -0.389 e. The van der Waals surface area contributed by atoms with E-state index in [1.807, 2.05) is 17.5 Å². The molecular weight excluding hydrogens is 218 g/mol. The van der Waals surface area contributed by atoms with E-state index in [2.05, 4.69) is 4.98 Å². The second-order valence-electron chi connectivity index (χ2n) is 2.57. The maximum Gasteiger partial charge on any atom is 0.270 e. The second kappa shape index (κ2) is 3.39. The molecule has 6 heteroatoms. The molecule has 2 aromatic rings. The molecule has 0 aromatic carbocycles. The smallest absolute Gasteiger partial charge is 0.270 e. The minimum absolute atomic E-state index is 0.165. The highest BCUT2D eigenvalue weighted by Gasteiger charge is 2.14. The number of carbonyl (C=O) groups excluding carboxylic acids is 1. The van der Waals surface area contributed by atoms with Gasteiger partial charge in [0.1, 0.15) is 10.0 Å². The Kier molecular flexibility index (Phi) is 2.22. The number of thiophene rings is 1. The van der Waals surface area contributed by atoms with Gasteiger partial charge in [-0.25, -0.2) is 4.98 Å². The molecule has 0 spiro atoms. The zero-order valence-corrected chi connectivity index (χ0v) is 8.69. The van der Waals surface area contributed by atoms with E-state index in [1.165, 1.54) is 11.3 Å². The lowest BCUT2D eigenvalue weighted by Gasteiger charge is -1.87. The van der Waals surface area contributed by atoms with Crippen LogP contribution in [0.5, 0.6) is 0 Å². The summed E-state index contributed by atoms with van der Waals surface area (Å²) in [5.74, 6) is -0.582. The lowest BCUT2D eigenvalue weighted by Crippen LogP contribution is -2.13. The topological polar surface area (TPSA) is 82.0 Å². The van der Waals surface area contributed by atoms with Crippen LogP contribution in [0.2, 0.25) is 0 Å². The molecule has 0 fully saturated rings.